The molecule has 3 heterocycles. The van der Waals surface area contributed by atoms with E-state index in [1.807, 2.05) is 0 Å². The Morgan fingerprint density at radius 3 is 2.31 bits per heavy atom. The van der Waals surface area contributed by atoms with Gasteiger partial charge < -0.3 is 4.90 Å². The van der Waals surface area contributed by atoms with E-state index in [2.05, 4.69) is 5.10 Å². The van der Waals surface area contributed by atoms with Gasteiger partial charge in [0.1, 0.15) is 21.6 Å². The maximum absolute atomic E-state index is 13.2. The SMILES string of the molecule is CC(C(=O)N1CCN(S(=O)(=O)c2cccs2)CC1)n1nc(C(F)F)cc1C(F)F. The van der Waals surface area contributed by atoms with Gasteiger partial charge in [0, 0.05) is 26.2 Å². The van der Waals surface area contributed by atoms with E-state index in [0.717, 1.165) is 11.3 Å². The molecule has 13 heteroatoms. The highest BCUT2D eigenvalue weighted by molar-refractivity contribution is 7.91. The van der Waals surface area contributed by atoms with E-state index in [1.54, 1.807) is 11.4 Å². The zero-order chi connectivity index (χ0) is 21.3. The molecule has 1 atom stereocenters. The lowest BCUT2D eigenvalue weighted by Crippen LogP contribution is -2.51. The summed E-state index contributed by atoms with van der Waals surface area (Å²) in [6.45, 7) is 1.50. The van der Waals surface area contributed by atoms with E-state index in [1.165, 1.54) is 22.2 Å². The van der Waals surface area contributed by atoms with Gasteiger partial charge in [0.15, 0.2) is 0 Å². The Kier molecular flexibility index (Phi) is 6.29. The molecule has 1 saturated heterocycles. The Morgan fingerprint density at radius 2 is 1.79 bits per heavy atom. The Labute approximate surface area is 168 Å². The molecule has 1 fully saturated rings. The lowest BCUT2D eigenvalue weighted by atomic mass is 10.2. The first kappa shape index (κ1) is 21.7. The Bertz CT molecular complexity index is 955. The molecule has 1 aliphatic heterocycles. The highest BCUT2D eigenvalue weighted by Crippen LogP contribution is 2.28. The number of alkyl halides is 4. The van der Waals surface area contributed by atoms with Crippen molar-refractivity contribution in [3.63, 3.8) is 0 Å². The third-order valence-electron chi connectivity index (χ3n) is 4.59. The molecule has 3 rings (SSSR count). The first-order valence-corrected chi connectivity index (χ1v) is 10.9. The summed E-state index contributed by atoms with van der Waals surface area (Å²) >= 11 is 1.09. The molecule has 0 saturated carbocycles. The number of halogens is 4. The molecule has 1 amide bonds. The third kappa shape index (κ3) is 4.31. The van der Waals surface area contributed by atoms with Crippen molar-refractivity contribution in [1.29, 1.82) is 0 Å². The maximum atomic E-state index is 13.2. The van der Waals surface area contributed by atoms with Crippen LogP contribution in [0.15, 0.2) is 27.8 Å². The Morgan fingerprint density at radius 1 is 1.14 bits per heavy atom. The molecular weight excluding hydrogens is 436 g/mol. The average molecular weight is 454 g/mol. The van der Waals surface area contributed by atoms with Crippen LogP contribution in [-0.2, 0) is 14.8 Å². The van der Waals surface area contributed by atoms with Crippen LogP contribution in [0, 0.1) is 0 Å². The third-order valence-corrected chi connectivity index (χ3v) is 7.87. The van der Waals surface area contributed by atoms with Crippen LogP contribution >= 0.6 is 11.3 Å². The van der Waals surface area contributed by atoms with Crippen molar-refractivity contribution < 1.29 is 30.8 Å². The fourth-order valence-corrected chi connectivity index (χ4v) is 5.63. The smallest absolute Gasteiger partial charge is 0.282 e. The molecule has 1 unspecified atom stereocenters. The van der Waals surface area contributed by atoms with Crippen LogP contribution in [0.1, 0.15) is 37.2 Å². The highest BCUT2D eigenvalue weighted by atomic mass is 32.2. The molecular formula is C16H18F4N4O3S2. The summed E-state index contributed by atoms with van der Waals surface area (Å²) in [5.41, 5.74) is -1.59. The minimum atomic E-state index is -3.65. The lowest BCUT2D eigenvalue weighted by Gasteiger charge is -2.35. The number of hydrogen-bond donors (Lipinski definition) is 0. The van der Waals surface area contributed by atoms with Crippen LogP contribution < -0.4 is 0 Å². The number of thiophene rings is 1. The summed E-state index contributed by atoms with van der Waals surface area (Å²) in [5.74, 6) is -0.594. The normalized spacial score (nSPS) is 17.3. The number of amides is 1. The molecule has 0 radical (unpaired) electrons. The minimum absolute atomic E-state index is 0.0434. The number of aromatic nitrogens is 2. The van der Waals surface area contributed by atoms with Crippen molar-refractivity contribution in [2.45, 2.75) is 30.0 Å². The van der Waals surface area contributed by atoms with Crippen molar-refractivity contribution in [1.82, 2.24) is 19.0 Å². The molecule has 0 aliphatic carbocycles. The number of carbonyl (C=O) groups is 1. The number of piperazine rings is 1. The topological polar surface area (TPSA) is 75.5 Å². The van der Waals surface area contributed by atoms with Gasteiger partial charge in [0.25, 0.3) is 22.9 Å². The Hall–Kier alpha value is -1.99. The standard InChI is InChI=1S/C16H18F4N4O3S2/c1-10(24-12(15(19)20)9-11(21-24)14(17)18)16(25)22-4-6-23(7-5-22)29(26,27)13-3-2-8-28-13/h2-3,8-10,14-15H,4-7H2,1H3. The molecule has 0 bridgehead atoms. The zero-order valence-corrected chi connectivity index (χ0v) is 16.8. The molecule has 0 aromatic carbocycles. The van der Waals surface area contributed by atoms with Gasteiger partial charge in [-0.05, 0) is 24.4 Å². The largest absolute Gasteiger partial charge is 0.338 e. The van der Waals surface area contributed by atoms with Gasteiger partial charge in [-0.1, -0.05) is 6.07 Å². The van der Waals surface area contributed by atoms with E-state index in [9.17, 15) is 30.8 Å². The summed E-state index contributed by atoms with van der Waals surface area (Å²) in [5, 5.41) is 5.11. The highest BCUT2D eigenvalue weighted by Gasteiger charge is 2.34. The van der Waals surface area contributed by atoms with Crippen LogP contribution in [0.5, 0.6) is 0 Å². The fourth-order valence-electron chi connectivity index (χ4n) is 3.06. The van der Waals surface area contributed by atoms with Crippen LogP contribution in [0.3, 0.4) is 0 Å². The number of nitrogens with zero attached hydrogens (tertiary/aromatic N) is 4. The first-order chi connectivity index (χ1) is 13.6. The van der Waals surface area contributed by atoms with Gasteiger partial charge in [0.05, 0.1) is 0 Å². The number of sulfonamides is 1. The van der Waals surface area contributed by atoms with Crippen molar-refractivity contribution >= 4 is 27.3 Å². The second kappa shape index (κ2) is 8.40. The van der Waals surface area contributed by atoms with Gasteiger partial charge in [0.2, 0.25) is 5.91 Å². The molecule has 160 valence electrons. The summed E-state index contributed by atoms with van der Waals surface area (Å²) in [6, 6.07) is 2.47. The molecule has 7 nitrogen and oxygen atoms in total. The lowest BCUT2D eigenvalue weighted by molar-refractivity contribution is -0.135. The van der Waals surface area contributed by atoms with E-state index >= 15 is 0 Å². The van der Waals surface area contributed by atoms with Crippen molar-refractivity contribution in [2.75, 3.05) is 26.2 Å². The van der Waals surface area contributed by atoms with Gasteiger partial charge in [-0.15, -0.1) is 11.3 Å². The van der Waals surface area contributed by atoms with E-state index in [4.69, 9.17) is 0 Å². The molecule has 1 aliphatic rings. The summed E-state index contributed by atoms with van der Waals surface area (Å²) in [6.07, 6.45) is -6.11. The quantitative estimate of drug-likeness (QED) is 0.629. The van der Waals surface area contributed by atoms with Gasteiger partial charge >= 0.3 is 0 Å². The van der Waals surface area contributed by atoms with Crippen LogP contribution in [-0.4, -0.2) is 59.5 Å². The van der Waals surface area contributed by atoms with Gasteiger partial charge in [-0.3, -0.25) is 9.48 Å². The summed E-state index contributed by atoms with van der Waals surface area (Å²) in [7, 11) is -3.65. The van der Waals surface area contributed by atoms with E-state index in [0.29, 0.717) is 10.7 Å². The van der Waals surface area contributed by atoms with Crippen LogP contribution in [0.4, 0.5) is 17.6 Å². The van der Waals surface area contributed by atoms with Gasteiger partial charge in [-0.25, -0.2) is 26.0 Å². The monoisotopic (exact) mass is 454 g/mol. The van der Waals surface area contributed by atoms with Gasteiger partial charge in [-0.2, -0.15) is 9.40 Å². The summed E-state index contributed by atoms with van der Waals surface area (Å²) in [4.78, 5) is 14.0. The van der Waals surface area contributed by atoms with Crippen molar-refractivity contribution in [2.24, 2.45) is 0 Å². The fraction of sp³-hybridized carbons (Fsp3) is 0.500. The zero-order valence-electron chi connectivity index (χ0n) is 15.2. The summed E-state index contributed by atoms with van der Waals surface area (Å²) < 4.78 is 79.2. The maximum Gasteiger partial charge on any atom is 0.282 e. The van der Waals surface area contributed by atoms with E-state index in [-0.39, 0.29) is 30.4 Å². The molecule has 0 spiro atoms. The van der Waals surface area contributed by atoms with E-state index < -0.39 is 46.2 Å². The molecule has 2 aromatic rings. The molecule has 0 N–H and O–H groups in total. The van der Waals surface area contributed by atoms with Crippen LogP contribution in [0.2, 0.25) is 0 Å². The molecule has 2 aromatic heterocycles. The Balaban J connectivity index is 1.71. The molecule has 29 heavy (non-hydrogen) atoms. The number of hydrogen-bond acceptors (Lipinski definition) is 5. The second-order valence-corrected chi connectivity index (χ2v) is 9.49. The minimum Gasteiger partial charge on any atom is -0.338 e. The number of carbonyl (C=O) groups excluding carboxylic acids is 1. The first-order valence-electron chi connectivity index (χ1n) is 8.61. The predicted octanol–water partition coefficient (Wildman–Crippen LogP) is 2.91. The second-order valence-electron chi connectivity index (χ2n) is 6.38. The average Bonchev–Trinajstić information content (AvgIpc) is 3.37. The number of rotatable bonds is 6. The van der Waals surface area contributed by atoms with Crippen molar-refractivity contribution in [3.8, 4) is 0 Å². The van der Waals surface area contributed by atoms with Crippen LogP contribution in [0.25, 0.3) is 0 Å². The van der Waals surface area contributed by atoms with Crippen molar-refractivity contribution in [3.05, 3.63) is 35.0 Å². The predicted molar refractivity (Wildman–Crippen MR) is 96.5 cm³/mol.